The van der Waals surface area contributed by atoms with E-state index < -0.39 is 5.97 Å². The molecule has 0 radical (unpaired) electrons. The normalized spacial score (nSPS) is 11.2. The second-order valence-electron chi connectivity index (χ2n) is 3.56. The van der Waals surface area contributed by atoms with E-state index in [1.165, 1.54) is 0 Å². The summed E-state index contributed by atoms with van der Waals surface area (Å²) in [5.74, 6) is 0.161. The lowest BCUT2D eigenvalue weighted by atomic mass is 10.0. The minimum Gasteiger partial charge on any atom is -0.497 e. The molecular weight excluding hydrogens is 230 g/mol. The highest BCUT2D eigenvalue weighted by atomic mass is 16.5. The standard InChI is InChI=1S/C14H15NO3/c1-4-18-14(16)10(2)13(9-15)11-6-5-7-12(8-11)17-3/h5-8H,4H2,1-3H3/b13-10+. The van der Waals surface area contributed by atoms with Crippen LogP contribution in [0.2, 0.25) is 0 Å². The molecular formula is C14H15NO3. The van der Waals surface area contributed by atoms with E-state index >= 15 is 0 Å². The van der Waals surface area contributed by atoms with E-state index in [1.807, 2.05) is 6.07 Å². The number of benzene rings is 1. The number of methoxy groups -OCH3 is 1. The summed E-state index contributed by atoms with van der Waals surface area (Å²) in [6.45, 7) is 3.59. The maximum absolute atomic E-state index is 11.6. The van der Waals surface area contributed by atoms with Gasteiger partial charge in [-0.3, -0.25) is 0 Å². The quantitative estimate of drug-likeness (QED) is 0.464. The van der Waals surface area contributed by atoms with Crippen molar-refractivity contribution in [3.63, 3.8) is 0 Å². The van der Waals surface area contributed by atoms with E-state index in [2.05, 4.69) is 0 Å². The summed E-state index contributed by atoms with van der Waals surface area (Å²) in [5.41, 5.74) is 1.24. The Hall–Kier alpha value is -2.28. The first-order valence-electron chi connectivity index (χ1n) is 5.56. The number of nitriles is 1. The second kappa shape index (κ2) is 6.45. The molecule has 0 saturated heterocycles. The van der Waals surface area contributed by atoms with Crippen molar-refractivity contribution < 1.29 is 14.3 Å². The van der Waals surface area contributed by atoms with E-state index in [-0.39, 0.29) is 6.61 Å². The lowest BCUT2D eigenvalue weighted by Crippen LogP contribution is -2.07. The summed E-state index contributed by atoms with van der Waals surface area (Å²) < 4.78 is 9.97. The van der Waals surface area contributed by atoms with Crippen LogP contribution < -0.4 is 4.74 Å². The van der Waals surface area contributed by atoms with Gasteiger partial charge in [0.2, 0.25) is 0 Å². The van der Waals surface area contributed by atoms with Crippen molar-refractivity contribution in [2.75, 3.05) is 13.7 Å². The first-order valence-corrected chi connectivity index (χ1v) is 5.56. The van der Waals surface area contributed by atoms with Crippen LogP contribution in [-0.2, 0) is 9.53 Å². The number of ether oxygens (including phenoxy) is 2. The van der Waals surface area contributed by atoms with E-state index in [9.17, 15) is 10.1 Å². The minimum atomic E-state index is -0.475. The number of rotatable bonds is 4. The van der Waals surface area contributed by atoms with Crippen LogP contribution in [0.25, 0.3) is 5.57 Å². The van der Waals surface area contributed by atoms with Crippen LogP contribution in [0.15, 0.2) is 29.8 Å². The topological polar surface area (TPSA) is 59.3 Å². The van der Waals surface area contributed by atoms with Gasteiger partial charge in [0.15, 0.2) is 0 Å². The molecule has 0 amide bonds. The maximum atomic E-state index is 11.6. The zero-order chi connectivity index (χ0) is 13.5. The number of carbonyl (C=O) groups excluding carboxylic acids is 1. The summed E-state index contributed by atoms with van der Waals surface area (Å²) in [7, 11) is 1.55. The van der Waals surface area contributed by atoms with Crippen LogP contribution in [0.4, 0.5) is 0 Å². The number of hydrogen-bond donors (Lipinski definition) is 0. The average Bonchev–Trinajstić information content (AvgIpc) is 2.40. The summed E-state index contributed by atoms with van der Waals surface area (Å²) in [5, 5.41) is 9.17. The monoisotopic (exact) mass is 245 g/mol. The van der Waals surface area contributed by atoms with Crippen molar-refractivity contribution in [2.24, 2.45) is 0 Å². The van der Waals surface area contributed by atoms with Crippen molar-refractivity contribution in [3.05, 3.63) is 35.4 Å². The van der Waals surface area contributed by atoms with Gasteiger partial charge in [-0.2, -0.15) is 5.26 Å². The van der Waals surface area contributed by atoms with E-state index in [4.69, 9.17) is 9.47 Å². The molecule has 18 heavy (non-hydrogen) atoms. The zero-order valence-electron chi connectivity index (χ0n) is 10.7. The zero-order valence-corrected chi connectivity index (χ0v) is 10.7. The molecule has 0 spiro atoms. The summed E-state index contributed by atoms with van der Waals surface area (Å²) in [6.07, 6.45) is 0. The fourth-order valence-corrected chi connectivity index (χ4v) is 1.48. The van der Waals surface area contributed by atoms with Gasteiger partial charge >= 0.3 is 5.97 Å². The van der Waals surface area contributed by atoms with E-state index in [0.717, 1.165) is 0 Å². The molecule has 0 unspecified atom stereocenters. The average molecular weight is 245 g/mol. The number of carbonyl (C=O) groups is 1. The molecule has 94 valence electrons. The van der Waals surface area contributed by atoms with Gasteiger partial charge in [0, 0.05) is 0 Å². The van der Waals surface area contributed by atoms with E-state index in [1.54, 1.807) is 45.2 Å². The summed E-state index contributed by atoms with van der Waals surface area (Å²) in [4.78, 5) is 11.6. The molecule has 4 nitrogen and oxygen atoms in total. The molecule has 0 heterocycles. The molecule has 0 bridgehead atoms. The van der Waals surface area contributed by atoms with Gasteiger partial charge in [-0.1, -0.05) is 12.1 Å². The first kappa shape index (κ1) is 13.8. The van der Waals surface area contributed by atoms with Gasteiger partial charge in [-0.05, 0) is 31.5 Å². The Balaban J connectivity index is 3.20. The molecule has 0 fully saturated rings. The smallest absolute Gasteiger partial charge is 0.335 e. The van der Waals surface area contributed by atoms with Gasteiger partial charge in [-0.15, -0.1) is 0 Å². The molecule has 1 rings (SSSR count). The number of hydrogen-bond acceptors (Lipinski definition) is 4. The Morgan fingerprint density at radius 1 is 1.44 bits per heavy atom. The minimum absolute atomic E-state index is 0.285. The third-order valence-electron chi connectivity index (χ3n) is 2.43. The Kier molecular flexibility index (Phi) is 4.94. The Morgan fingerprint density at radius 2 is 2.17 bits per heavy atom. The summed E-state index contributed by atoms with van der Waals surface area (Å²) >= 11 is 0. The SMILES string of the molecule is CCOC(=O)/C(C)=C(\C#N)c1cccc(OC)c1. The van der Waals surface area contributed by atoms with Crippen molar-refractivity contribution in [1.29, 1.82) is 5.26 Å². The number of nitrogens with zero attached hydrogens (tertiary/aromatic N) is 1. The highest BCUT2D eigenvalue weighted by Crippen LogP contribution is 2.22. The van der Waals surface area contributed by atoms with Gasteiger partial charge in [0.05, 0.1) is 24.9 Å². The highest BCUT2D eigenvalue weighted by Gasteiger charge is 2.13. The van der Waals surface area contributed by atoms with Crippen LogP contribution >= 0.6 is 0 Å². The van der Waals surface area contributed by atoms with Crippen molar-refractivity contribution >= 4 is 11.5 Å². The van der Waals surface area contributed by atoms with Gasteiger partial charge in [-0.25, -0.2) is 4.79 Å². The van der Waals surface area contributed by atoms with Crippen LogP contribution in [0, 0.1) is 11.3 Å². The molecule has 4 heteroatoms. The van der Waals surface area contributed by atoms with Gasteiger partial charge < -0.3 is 9.47 Å². The Labute approximate surface area is 106 Å². The van der Waals surface area contributed by atoms with Crippen molar-refractivity contribution in [1.82, 2.24) is 0 Å². The molecule has 0 aliphatic carbocycles. The largest absolute Gasteiger partial charge is 0.497 e. The van der Waals surface area contributed by atoms with Crippen molar-refractivity contribution in [3.8, 4) is 11.8 Å². The lowest BCUT2D eigenvalue weighted by Gasteiger charge is -2.07. The van der Waals surface area contributed by atoms with Crippen LogP contribution in [-0.4, -0.2) is 19.7 Å². The number of esters is 1. The Morgan fingerprint density at radius 3 is 2.72 bits per heavy atom. The van der Waals surface area contributed by atoms with Gasteiger partial charge in [0.25, 0.3) is 0 Å². The maximum Gasteiger partial charge on any atom is 0.335 e. The van der Waals surface area contributed by atoms with Crippen molar-refractivity contribution in [2.45, 2.75) is 13.8 Å². The molecule has 0 aliphatic heterocycles. The molecule has 1 aromatic rings. The third kappa shape index (κ3) is 3.11. The third-order valence-corrected chi connectivity index (χ3v) is 2.43. The Bertz CT molecular complexity index is 512. The second-order valence-corrected chi connectivity index (χ2v) is 3.56. The fourth-order valence-electron chi connectivity index (χ4n) is 1.48. The first-order chi connectivity index (χ1) is 8.63. The molecule has 0 aromatic heterocycles. The fraction of sp³-hybridized carbons (Fsp3) is 0.286. The van der Waals surface area contributed by atoms with Crippen LogP contribution in [0.5, 0.6) is 5.75 Å². The molecule has 0 N–H and O–H groups in total. The van der Waals surface area contributed by atoms with Gasteiger partial charge in [0.1, 0.15) is 11.8 Å². The predicted molar refractivity (Wildman–Crippen MR) is 67.8 cm³/mol. The molecule has 0 aliphatic rings. The summed E-state index contributed by atoms with van der Waals surface area (Å²) in [6, 6.07) is 9.04. The lowest BCUT2D eigenvalue weighted by molar-refractivity contribution is -0.138. The van der Waals surface area contributed by atoms with Crippen LogP contribution in [0.3, 0.4) is 0 Å². The van der Waals surface area contributed by atoms with E-state index in [0.29, 0.717) is 22.5 Å². The predicted octanol–water partition coefficient (Wildman–Crippen LogP) is 2.56. The molecule has 0 saturated carbocycles. The molecule has 1 aromatic carbocycles. The van der Waals surface area contributed by atoms with Crippen LogP contribution in [0.1, 0.15) is 19.4 Å². The molecule has 0 atom stereocenters. The number of allylic oxidation sites excluding steroid dienone is 1. The highest BCUT2D eigenvalue weighted by molar-refractivity contribution is 6.00.